The van der Waals surface area contributed by atoms with E-state index in [-0.39, 0.29) is 12.0 Å². The molecule has 4 aromatic rings. The number of hydrogen-bond donors (Lipinski definition) is 1. The van der Waals surface area contributed by atoms with Crippen LogP contribution in [0, 0.1) is 6.92 Å². The fourth-order valence-corrected chi connectivity index (χ4v) is 4.09. The standard InChI is InChI=1S/C27H26N4O5/c1-5-26(32)31-13-18(14-31)36-25-11-19-20(12-24(25)34-4)28-15-29-27(19)30-21-10-17(7-9-23(21)33-3)22-8-6-16(2)35-22/h5-12,15,18H,1,13-14H2,2-4H3,(H,28,29,30). The molecular formula is C27H26N4O5. The lowest BCUT2D eigenvalue weighted by Gasteiger charge is -2.38. The number of likely N-dealkylation sites (tertiary alicyclic amines) is 1. The molecule has 3 heterocycles. The Morgan fingerprint density at radius 3 is 2.58 bits per heavy atom. The molecule has 0 spiro atoms. The van der Waals surface area contributed by atoms with Crippen LogP contribution in [0.1, 0.15) is 5.76 Å². The summed E-state index contributed by atoms with van der Waals surface area (Å²) in [4.78, 5) is 22.3. The molecule has 1 aliphatic rings. The first kappa shape index (κ1) is 23.2. The maximum absolute atomic E-state index is 11.8. The molecule has 2 aromatic carbocycles. The first-order valence-electron chi connectivity index (χ1n) is 11.4. The van der Waals surface area contributed by atoms with E-state index in [2.05, 4.69) is 21.9 Å². The van der Waals surface area contributed by atoms with E-state index in [1.165, 1.54) is 12.4 Å². The van der Waals surface area contributed by atoms with Crippen LogP contribution < -0.4 is 19.5 Å². The molecule has 2 aromatic heterocycles. The number of carbonyl (C=O) groups excluding carboxylic acids is 1. The van der Waals surface area contributed by atoms with Crippen molar-refractivity contribution in [1.82, 2.24) is 14.9 Å². The molecule has 1 aliphatic heterocycles. The molecule has 9 nitrogen and oxygen atoms in total. The molecule has 5 rings (SSSR count). The van der Waals surface area contributed by atoms with E-state index in [1.54, 1.807) is 19.1 Å². The summed E-state index contributed by atoms with van der Waals surface area (Å²) >= 11 is 0. The minimum absolute atomic E-state index is 0.110. The highest BCUT2D eigenvalue weighted by Gasteiger charge is 2.31. The van der Waals surface area contributed by atoms with Gasteiger partial charge in [-0.25, -0.2) is 9.97 Å². The Bertz CT molecular complexity index is 1440. The summed E-state index contributed by atoms with van der Waals surface area (Å²) < 4.78 is 23.1. The van der Waals surface area contributed by atoms with E-state index in [9.17, 15) is 4.79 Å². The SMILES string of the molecule is C=CC(=O)N1CC(Oc2cc3c(Nc4cc(-c5ccc(C)o5)ccc4OC)ncnc3cc2OC)C1. The molecule has 36 heavy (non-hydrogen) atoms. The summed E-state index contributed by atoms with van der Waals surface area (Å²) in [6.07, 6.45) is 2.65. The number of fused-ring (bicyclic) bond motifs is 1. The molecule has 184 valence electrons. The predicted molar refractivity (Wildman–Crippen MR) is 136 cm³/mol. The molecule has 0 bridgehead atoms. The smallest absolute Gasteiger partial charge is 0.246 e. The highest BCUT2D eigenvalue weighted by molar-refractivity contribution is 5.94. The number of aryl methyl sites for hydroxylation is 1. The number of benzene rings is 2. The first-order valence-corrected chi connectivity index (χ1v) is 11.4. The lowest BCUT2D eigenvalue weighted by Crippen LogP contribution is -2.55. The highest BCUT2D eigenvalue weighted by atomic mass is 16.5. The molecule has 1 saturated heterocycles. The van der Waals surface area contributed by atoms with Gasteiger partial charge in [0.25, 0.3) is 0 Å². The lowest BCUT2D eigenvalue weighted by molar-refractivity contribution is -0.134. The van der Waals surface area contributed by atoms with E-state index in [4.69, 9.17) is 18.6 Å². The zero-order chi connectivity index (χ0) is 25.2. The average Bonchev–Trinajstić information content (AvgIpc) is 3.31. The fraction of sp³-hybridized carbons (Fsp3) is 0.222. The van der Waals surface area contributed by atoms with Gasteiger partial charge >= 0.3 is 0 Å². The monoisotopic (exact) mass is 486 g/mol. The van der Waals surface area contributed by atoms with Crippen molar-refractivity contribution in [2.45, 2.75) is 13.0 Å². The number of nitrogens with zero attached hydrogens (tertiary/aromatic N) is 3. The topological polar surface area (TPSA) is 99.0 Å². The van der Waals surface area contributed by atoms with Crippen LogP contribution in [0.5, 0.6) is 17.2 Å². The first-order chi connectivity index (χ1) is 17.5. The molecule has 1 N–H and O–H groups in total. The zero-order valence-corrected chi connectivity index (χ0v) is 20.3. The normalized spacial score (nSPS) is 13.2. The Labute approximate surface area is 208 Å². The van der Waals surface area contributed by atoms with Crippen molar-refractivity contribution in [3.63, 3.8) is 0 Å². The van der Waals surface area contributed by atoms with E-state index >= 15 is 0 Å². The van der Waals surface area contributed by atoms with Gasteiger partial charge < -0.3 is 28.8 Å². The van der Waals surface area contributed by atoms with Crippen LogP contribution in [0.3, 0.4) is 0 Å². The third-order valence-electron chi connectivity index (χ3n) is 6.03. The average molecular weight is 487 g/mol. The van der Waals surface area contributed by atoms with Crippen LogP contribution in [-0.2, 0) is 4.79 Å². The molecule has 1 fully saturated rings. The van der Waals surface area contributed by atoms with Gasteiger partial charge in [0.05, 0.1) is 38.5 Å². The predicted octanol–water partition coefficient (Wildman–Crippen LogP) is 4.73. The van der Waals surface area contributed by atoms with Crippen LogP contribution in [0.2, 0.25) is 0 Å². The van der Waals surface area contributed by atoms with Gasteiger partial charge in [0.1, 0.15) is 35.5 Å². The molecule has 0 saturated carbocycles. The second kappa shape index (κ2) is 9.61. The van der Waals surface area contributed by atoms with Gasteiger partial charge in [0, 0.05) is 17.0 Å². The minimum atomic E-state index is -0.144. The van der Waals surface area contributed by atoms with Gasteiger partial charge in [-0.3, -0.25) is 4.79 Å². The molecule has 1 amide bonds. The van der Waals surface area contributed by atoms with Gasteiger partial charge in [-0.05, 0) is 49.4 Å². The van der Waals surface area contributed by atoms with Crippen LogP contribution in [0.25, 0.3) is 22.2 Å². The Balaban J connectivity index is 1.47. The number of hydrogen-bond acceptors (Lipinski definition) is 8. The number of aromatic nitrogens is 2. The van der Waals surface area contributed by atoms with Crippen LogP contribution in [-0.4, -0.2) is 54.2 Å². The second-order valence-corrected chi connectivity index (χ2v) is 8.38. The molecule has 9 heteroatoms. The van der Waals surface area contributed by atoms with Gasteiger partial charge in [-0.2, -0.15) is 0 Å². The van der Waals surface area contributed by atoms with E-state index in [0.717, 1.165) is 28.2 Å². The maximum atomic E-state index is 11.8. The van der Waals surface area contributed by atoms with Gasteiger partial charge in [0.2, 0.25) is 5.91 Å². The van der Waals surface area contributed by atoms with Gasteiger partial charge in [0.15, 0.2) is 11.5 Å². The number of rotatable bonds is 8. The highest BCUT2D eigenvalue weighted by Crippen LogP contribution is 2.38. The summed E-state index contributed by atoms with van der Waals surface area (Å²) in [5.41, 5.74) is 2.31. The van der Waals surface area contributed by atoms with Crippen molar-refractivity contribution in [2.75, 3.05) is 32.6 Å². The number of furan rings is 1. The summed E-state index contributed by atoms with van der Waals surface area (Å²) in [7, 11) is 3.19. The Morgan fingerprint density at radius 2 is 1.89 bits per heavy atom. The molecular weight excluding hydrogens is 460 g/mol. The summed E-state index contributed by atoms with van der Waals surface area (Å²) in [5.74, 6) is 3.81. The third-order valence-corrected chi connectivity index (χ3v) is 6.03. The molecule has 0 radical (unpaired) electrons. The number of amides is 1. The molecule has 0 unspecified atom stereocenters. The van der Waals surface area contributed by atoms with Gasteiger partial charge in [-0.1, -0.05) is 6.58 Å². The Hall–Kier alpha value is -4.53. The Morgan fingerprint density at radius 1 is 1.08 bits per heavy atom. The van der Waals surface area contributed by atoms with Crippen LogP contribution in [0.4, 0.5) is 11.5 Å². The minimum Gasteiger partial charge on any atom is -0.495 e. The van der Waals surface area contributed by atoms with Crippen molar-refractivity contribution < 1.29 is 23.4 Å². The van der Waals surface area contributed by atoms with E-state index < -0.39 is 0 Å². The summed E-state index contributed by atoms with van der Waals surface area (Å²) in [6.45, 7) is 6.41. The molecule has 0 aliphatic carbocycles. The maximum Gasteiger partial charge on any atom is 0.246 e. The quantitative estimate of drug-likeness (QED) is 0.357. The van der Waals surface area contributed by atoms with Crippen molar-refractivity contribution in [3.05, 3.63) is 67.2 Å². The van der Waals surface area contributed by atoms with Crippen molar-refractivity contribution >= 4 is 28.3 Å². The van der Waals surface area contributed by atoms with Gasteiger partial charge in [-0.15, -0.1) is 0 Å². The number of carbonyl (C=O) groups is 1. The van der Waals surface area contributed by atoms with Crippen molar-refractivity contribution in [1.29, 1.82) is 0 Å². The van der Waals surface area contributed by atoms with Crippen molar-refractivity contribution in [3.8, 4) is 28.6 Å². The summed E-state index contributed by atoms with van der Waals surface area (Å²) in [5, 5.41) is 4.12. The second-order valence-electron chi connectivity index (χ2n) is 8.38. The Kier molecular flexibility index (Phi) is 6.20. The van der Waals surface area contributed by atoms with Crippen molar-refractivity contribution in [2.24, 2.45) is 0 Å². The fourth-order valence-electron chi connectivity index (χ4n) is 4.09. The number of methoxy groups -OCH3 is 2. The zero-order valence-electron chi connectivity index (χ0n) is 20.3. The lowest BCUT2D eigenvalue weighted by atomic mass is 10.1. The third kappa shape index (κ3) is 4.43. The van der Waals surface area contributed by atoms with E-state index in [1.807, 2.05) is 49.4 Å². The number of ether oxygens (including phenoxy) is 3. The summed E-state index contributed by atoms with van der Waals surface area (Å²) in [6, 6.07) is 13.3. The molecule has 0 atom stereocenters. The van der Waals surface area contributed by atoms with Crippen LogP contribution >= 0.6 is 0 Å². The van der Waals surface area contributed by atoms with Crippen LogP contribution in [0.15, 0.2) is 65.9 Å². The largest absolute Gasteiger partial charge is 0.495 e. The number of anilines is 2. The number of nitrogens with one attached hydrogen (secondary N) is 1. The van der Waals surface area contributed by atoms with E-state index in [0.29, 0.717) is 41.7 Å².